The molecule has 0 saturated carbocycles. The molecule has 0 saturated heterocycles. The fraction of sp³-hybridized carbons (Fsp3) is 0.150. The van der Waals surface area contributed by atoms with Gasteiger partial charge in [0.15, 0.2) is 0 Å². The van der Waals surface area contributed by atoms with Crippen LogP contribution in [-0.2, 0) is 17.9 Å². The van der Waals surface area contributed by atoms with Gasteiger partial charge in [-0.15, -0.1) is 0 Å². The third-order valence-electron chi connectivity index (χ3n) is 3.87. The lowest BCUT2D eigenvalue weighted by molar-refractivity contribution is -0.121. The molecule has 0 radical (unpaired) electrons. The van der Waals surface area contributed by atoms with Gasteiger partial charge in [-0.3, -0.25) is 9.59 Å². The van der Waals surface area contributed by atoms with Crippen molar-refractivity contribution in [2.45, 2.75) is 19.5 Å². The van der Waals surface area contributed by atoms with E-state index in [4.69, 9.17) is 0 Å². The summed E-state index contributed by atoms with van der Waals surface area (Å²) in [4.78, 5) is 24.1. The van der Waals surface area contributed by atoms with E-state index < -0.39 is 0 Å². The SMILES string of the molecule is O=C(CCn1nc(-c2ccccc2)ccc1=O)NCc1cccc(Br)c1. The molecule has 0 atom stereocenters. The number of nitrogens with one attached hydrogen (secondary N) is 1. The van der Waals surface area contributed by atoms with E-state index in [9.17, 15) is 9.59 Å². The molecule has 3 aromatic rings. The van der Waals surface area contributed by atoms with Crippen LogP contribution in [0.3, 0.4) is 0 Å². The van der Waals surface area contributed by atoms with Crippen molar-refractivity contribution >= 4 is 21.8 Å². The van der Waals surface area contributed by atoms with E-state index in [-0.39, 0.29) is 24.4 Å². The van der Waals surface area contributed by atoms with Crippen molar-refractivity contribution in [3.63, 3.8) is 0 Å². The molecule has 0 fully saturated rings. The molecular formula is C20H18BrN3O2. The first kappa shape index (κ1) is 18.1. The minimum Gasteiger partial charge on any atom is -0.352 e. The van der Waals surface area contributed by atoms with Gasteiger partial charge in [-0.1, -0.05) is 58.4 Å². The molecule has 132 valence electrons. The number of rotatable bonds is 6. The molecule has 0 unspecified atom stereocenters. The van der Waals surface area contributed by atoms with Crippen LogP contribution in [0.1, 0.15) is 12.0 Å². The average molecular weight is 412 g/mol. The van der Waals surface area contributed by atoms with Crippen LogP contribution < -0.4 is 10.9 Å². The van der Waals surface area contributed by atoms with Crippen LogP contribution >= 0.6 is 15.9 Å². The minimum atomic E-state index is -0.218. The topological polar surface area (TPSA) is 64.0 Å². The number of carbonyl (C=O) groups excluding carboxylic acids is 1. The van der Waals surface area contributed by atoms with Gasteiger partial charge in [0.2, 0.25) is 5.91 Å². The third kappa shape index (κ3) is 4.89. The van der Waals surface area contributed by atoms with E-state index in [1.807, 2.05) is 54.6 Å². The number of amides is 1. The third-order valence-corrected chi connectivity index (χ3v) is 4.36. The monoisotopic (exact) mass is 411 g/mol. The second-order valence-corrected chi connectivity index (χ2v) is 6.72. The summed E-state index contributed by atoms with van der Waals surface area (Å²) in [5.41, 5.74) is 2.43. The molecule has 0 aliphatic carbocycles. The van der Waals surface area contributed by atoms with Crippen LogP contribution in [0.25, 0.3) is 11.3 Å². The van der Waals surface area contributed by atoms with Crippen molar-refractivity contribution in [3.05, 3.63) is 87.1 Å². The fourth-order valence-corrected chi connectivity index (χ4v) is 2.96. The summed E-state index contributed by atoms with van der Waals surface area (Å²) < 4.78 is 2.30. The lowest BCUT2D eigenvalue weighted by Crippen LogP contribution is -2.28. The lowest BCUT2D eigenvalue weighted by atomic mass is 10.1. The number of halogens is 1. The first-order chi connectivity index (χ1) is 12.6. The van der Waals surface area contributed by atoms with Crippen LogP contribution in [0.15, 0.2) is 76.0 Å². The molecule has 0 aliphatic rings. The van der Waals surface area contributed by atoms with Crippen molar-refractivity contribution in [2.24, 2.45) is 0 Å². The van der Waals surface area contributed by atoms with Crippen molar-refractivity contribution in [1.82, 2.24) is 15.1 Å². The molecule has 1 aromatic heterocycles. The normalized spacial score (nSPS) is 10.5. The van der Waals surface area contributed by atoms with Crippen LogP contribution in [0.2, 0.25) is 0 Å². The van der Waals surface area contributed by atoms with Crippen LogP contribution in [-0.4, -0.2) is 15.7 Å². The van der Waals surface area contributed by atoms with Crippen molar-refractivity contribution in [3.8, 4) is 11.3 Å². The highest BCUT2D eigenvalue weighted by Gasteiger charge is 2.06. The Labute approximate surface area is 159 Å². The largest absolute Gasteiger partial charge is 0.352 e. The van der Waals surface area contributed by atoms with Crippen LogP contribution in [0.5, 0.6) is 0 Å². The maximum atomic E-state index is 12.1. The Morgan fingerprint density at radius 3 is 2.62 bits per heavy atom. The molecule has 2 aromatic carbocycles. The summed E-state index contributed by atoms with van der Waals surface area (Å²) >= 11 is 3.41. The molecular weight excluding hydrogens is 394 g/mol. The minimum absolute atomic E-state index is 0.121. The van der Waals surface area contributed by atoms with E-state index >= 15 is 0 Å². The predicted molar refractivity (Wildman–Crippen MR) is 105 cm³/mol. The maximum Gasteiger partial charge on any atom is 0.266 e. The first-order valence-electron chi connectivity index (χ1n) is 8.26. The zero-order chi connectivity index (χ0) is 18.4. The molecule has 26 heavy (non-hydrogen) atoms. The quantitative estimate of drug-likeness (QED) is 0.675. The maximum absolute atomic E-state index is 12.1. The van der Waals surface area contributed by atoms with Gasteiger partial charge in [-0.05, 0) is 23.8 Å². The molecule has 0 bridgehead atoms. The lowest BCUT2D eigenvalue weighted by Gasteiger charge is -2.08. The second kappa shape index (κ2) is 8.58. The van der Waals surface area contributed by atoms with E-state index in [1.165, 1.54) is 10.7 Å². The average Bonchev–Trinajstić information content (AvgIpc) is 2.66. The molecule has 1 N–H and O–H groups in total. The van der Waals surface area contributed by atoms with Gasteiger partial charge in [0.25, 0.3) is 5.56 Å². The van der Waals surface area contributed by atoms with Gasteiger partial charge < -0.3 is 5.32 Å². The van der Waals surface area contributed by atoms with Gasteiger partial charge in [-0.2, -0.15) is 5.10 Å². The van der Waals surface area contributed by atoms with Gasteiger partial charge in [0.05, 0.1) is 12.2 Å². The van der Waals surface area contributed by atoms with E-state index in [0.717, 1.165) is 15.6 Å². The Morgan fingerprint density at radius 2 is 1.85 bits per heavy atom. The predicted octanol–water partition coefficient (Wildman–Crippen LogP) is 3.38. The standard InChI is InChI=1S/C20H18BrN3O2/c21-17-8-4-5-15(13-17)14-22-19(25)11-12-24-20(26)10-9-18(23-24)16-6-2-1-3-7-16/h1-10,13H,11-12,14H2,(H,22,25). The number of benzene rings is 2. The van der Waals surface area contributed by atoms with Crippen LogP contribution in [0.4, 0.5) is 0 Å². The Balaban J connectivity index is 1.60. The number of aromatic nitrogens is 2. The number of hydrogen-bond acceptors (Lipinski definition) is 3. The zero-order valence-electron chi connectivity index (χ0n) is 14.1. The van der Waals surface area contributed by atoms with Crippen LogP contribution in [0, 0.1) is 0 Å². The van der Waals surface area contributed by atoms with E-state index in [2.05, 4.69) is 26.3 Å². The van der Waals surface area contributed by atoms with Crippen molar-refractivity contribution in [2.75, 3.05) is 0 Å². The summed E-state index contributed by atoms with van der Waals surface area (Å²) in [5.74, 6) is -0.121. The summed E-state index contributed by atoms with van der Waals surface area (Å²) in [7, 11) is 0. The molecule has 6 heteroatoms. The van der Waals surface area contributed by atoms with Gasteiger partial charge in [0, 0.05) is 29.1 Å². The Hall–Kier alpha value is -2.73. The van der Waals surface area contributed by atoms with Gasteiger partial charge in [0.1, 0.15) is 0 Å². The molecule has 1 amide bonds. The molecule has 3 rings (SSSR count). The molecule has 0 spiro atoms. The van der Waals surface area contributed by atoms with Crippen molar-refractivity contribution < 1.29 is 4.79 Å². The van der Waals surface area contributed by atoms with Gasteiger partial charge >= 0.3 is 0 Å². The molecule has 0 aliphatic heterocycles. The van der Waals surface area contributed by atoms with Gasteiger partial charge in [-0.25, -0.2) is 4.68 Å². The summed E-state index contributed by atoms with van der Waals surface area (Å²) in [6, 6.07) is 20.6. The Bertz CT molecular complexity index is 955. The summed E-state index contributed by atoms with van der Waals surface area (Å²) in [5, 5.41) is 7.22. The highest BCUT2D eigenvalue weighted by molar-refractivity contribution is 9.10. The Kier molecular flexibility index (Phi) is 5.96. The second-order valence-electron chi connectivity index (χ2n) is 5.80. The smallest absolute Gasteiger partial charge is 0.266 e. The van der Waals surface area contributed by atoms with E-state index in [0.29, 0.717) is 12.2 Å². The number of carbonyl (C=O) groups is 1. The molecule has 5 nitrogen and oxygen atoms in total. The highest BCUT2D eigenvalue weighted by Crippen LogP contribution is 2.14. The fourth-order valence-electron chi connectivity index (χ4n) is 2.52. The summed E-state index contributed by atoms with van der Waals surface area (Å²) in [6.07, 6.45) is 0.194. The molecule has 1 heterocycles. The number of nitrogens with zero attached hydrogens (tertiary/aromatic N) is 2. The number of aryl methyl sites for hydroxylation is 1. The summed E-state index contributed by atoms with van der Waals surface area (Å²) in [6.45, 7) is 0.689. The first-order valence-corrected chi connectivity index (χ1v) is 9.06. The van der Waals surface area contributed by atoms with Crippen molar-refractivity contribution in [1.29, 1.82) is 0 Å². The highest BCUT2D eigenvalue weighted by atomic mass is 79.9. The van der Waals surface area contributed by atoms with E-state index in [1.54, 1.807) is 6.07 Å². The zero-order valence-corrected chi connectivity index (χ0v) is 15.6. The number of hydrogen-bond donors (Lipinski definition) is 1. The Morgan fingerprint density at radius 1 is 1.04 bits per heavy atom.